The molecule has 0 rings (SSSR count). The van der Waals surface area contributed by atoms with Gasteiger partial charge in [-0.25, -0.2) is 0 Å². The Balaban J connectivity index is 0. The minimum atomic E-state index is -0.904. The molecule has 2 unspecified atom stereocenters. The van der Waals surface area contributed by atoms with Crippen LogP contribution in [0.3, 0.4) is 0 Å². The summed E-state index contributed by atoms with van der Waals surface area (Å²) in [6.07, 6.45) is 11.5. The minimum Gasteiger partial charge on any atom is -0.412 e. The lowest BCUT2D eigenvalue weighted by molar-refractivity contribution is -0.0582. The fourth-order valence-corrected chi connectivity index (χ4v) is 3.25. The first kappa shape index (κ1) is 29.0. The molecule has 2 atom stereocenters. The predicted molar refractivity (Wildman–Crippen MR) is 113 cm³/mol. The van der Waals surface area contributed by atoms with Crippen LogP contribution in [0.1, 0.15) is 85.5 Å². The van der Waals surface area contributed by atoms with Crippen LogP contribution in [0.15, 0.2) is 0 Å². The van der Waals surface area contributed by atoms with Gasteiger partial charge >= 0.3 is 0 Å². The van der Waals surface area contributed by atoms with Gasteiger partial charge in [0, 0.05) is 6.61 Å². The fraction of sp³-hybridized carbons (Fsp3) is 1.00. The molecule has 0 heterocycles. The molecular formula is C22H48O5. The van der Waals surface area contributed by atoms with Crippen molar-refractivity contribution in [3.05, 3.63) is 0 Å². The van der Waals surface area contributed by atoms with E-state index in [1.54, 1.807) is 0 Å². The summed E-state index contributed by atoms with van der Waals surface area (Å²) in [7, 11) is 0. The molecule has 0 aromatic rings. The predicted octanol–water partition coefficient (Wildman–Crippen LogP) is 3.58. The molecule has 0 amide bonds. The van der Waals surface area contributed by atoms with E-state index in [4.69, 9.17) is 4.74 Å². The zero-order valence-electron chi connectivity index (χ0n) is 18.4. The van der Waals surface area contributed by atoms with Gasteiger partial charge in [0.05, 0.1) is 31.8 Å². The summed E-state index contributed by atoms with van der Waals surface area (Å²) in [4.78, 5) is 0. The molecule has 0 saturated carbocycles. The van der Waals surface area contributed by atoms with E-state index in [1.807, 2.05) is 0 Å². The summed E-state index contributed by atoms with van der Waals surface area (Å²) < 4.78 is 5.54. The average Bonchev–Trinajstić information content (AvgIpc) is 2.61. The minimum absolute atomic E-state index is 0. The summed E-state index contributed by atoms with van der Waals surface area (Å²) >= 11 is 0. The van der Waals surface area contributed by atoms with Crippen LogP contribution in [0.25, 0.3) is 0 Å². The van der Waals surface area contributed by atoms with Crippen molar-refractivity contribution < 1.29 is 25.5 Å². The van der Waals surface area contributed by atoms with Gasteiger partial charge in [-0.3, -0.25) is 0 Å². The van der Waals surface area contributed by atoms with Crippen molar-refractivity contribution >= 4 is 0 Å². The summed E-state index contributed by atoms with van der Waals surface area (Å²) in [5.74, 6) is 2.46. The topological polar surface area (TPSA) is 101 Å². The Bertz CT molecular complexity index is 297. The first-order valence-electron chi connectivity index (χ1n) is 10.8. The molecule has 166 valence electrons. The summed E-state index contributed by atoms with van der Waals surface area (Å²) in [5, 5.41) is 27.7. The molecule has 0 fully saturated rings. The summed E-state index contributed by atoms with van der Waals surface area (Å²) in [5.41, 5.74) is -0.904. The van der Waals surface area contributed by atoms with E-state index in [2.05, 4.69) is 27.7 Å². The van der Waals surface area contributed by atoms with Crippen LogP contribution >= 0.6 is 0 Å². The molecule has 0 aliphatic heterocycles. The molecule has 0 bridgehead atoms. The number of ether oxygens (including phenoxy) is 1. The standard InChI is InChI=1S/C22H46O4.H2O/c1-19(2)9-7-11-21(4)13-8-12-20(3)10-5-6-14-26-18-22(15-23,16-24)17-25;/h19-21,23-25H,5-18H2,1-4H3;1H2. The molecule has 0 saturated heterocycles. The lowest BCUT2D eigenvalue weighted by Gasteiger charge is -2.26. The van der Waals surface area contributed by atoms with Gasteiger partial charge in [0.2, 0.25) is 0 Å². The Morgan fingerprint density at radius 1 is 0.667 bits per heavy atom. The van der Waals surface area contributed by atoms with E-state index in [-0.39, 0.29) is 31.9 Å². The smallest absolute Gasteiger partial charge is 0.0629 e. The van der Waals surface area contributed by atoms with Crippen LogP contribution in [0, 0.1) is 23.2 Å². The zero-order valence-corrected chi connectivity index (χ0v) is 18.4. The van der Waals surface area contributed by atoms with Crippen molar-refractivity contribution in [2.45, 2.75) is 85.5 Å². The van der Waals surface area contributed by atoms with Gasteiger partial charge in [-0.2, -0.15) is 0 Å². The van der Waals surface area contributed by atoms with E-state index in [9.17, 15) is 15.3 Å². The second-order valence-electron chi connectivity index (χ2n) is 8.99. The van der Waals surface area contributed by atoms with Crippen molar-refractivity contribution in [3.63, 3.8) is 0 Å². The normalized spacial score (nSPS) is 14.2. The zero-order chi connectivity index (χ0) is 19.8. The van der Waals surface area contributed by atoms with Gasteiger partial charge in [-0.15, -0.1) is 0 Å². The Kier molecular flexibility index (Phi) is 19.2. The molecule has 5 nitrogen and oxygen atoms in total. The maximum absolute atomic E-state index is 9.25. The monoisotopic (exact) mass is 392 g/mol. The summed E-state index contributed by atoms with van der Waals surface area (Å²) in [6, 6.07) is 0. The first-order chi connectivity index (χ1) is 12.4. The van der Waals surface area contributed by atoms with Crippen molar-refractivity contribution in [3.8, 4) is 0 Å². The van der Waals surface area contributed by atoms with E-state index in [1.165, 1.54) is 44.9 Å². The molecular weight excluding hydrogens is 344 g/mol. The lowest BCUT2D eigenvalue weighted by Crippen LogP contribution is -2.38. The van der Waals surface area contributed by atoms with Gasteiger partial charge in [-0.1, -0.05) is 79.1 Å². The van der Waals surface area contributed by atoms with Gasteiger partial charge in [-0.05, 0) is 24.2 Å². The van der Waals surface area contributed by atoms with Gasteiger partial charge in [0.25, 0.3) is 0 Å². The summed E-state index contributed by atoms with van der Waals surface area (Å²) in [6.45, 7) is 9.42. The highest BCUT2D eigenvalue weighted by atomic mass is 16.5. The molecule has 5 N–H and O–H groups in total. The number of aliphatic hydroxyl groups is 3. The highest BCUT2D eigenvalue weighted by Crippen LogP contribution is 2.21. The largest absolute Gasteiger partial charge is 0.412 e. The Morgan fingerprint density at radius 2 is 1.11 bits per heavy atom. The van der Waals surface area contributed by atoms with E-state index in [0.717, 1.165) is 30.6 Å². The highest BCUT2D eigenvalue weighted by molar-refractivity contribution is 4.76. The lowest BCUT2D eigenvalue weighted by atomic mass is 9.92. The Labute approximate surface area is 167 Å². The second-order valence-corrected chi connectivity index (χ2v) is 8.99. The third-order valence-electron chi connectivity index (χ3n) is 5.52. The quantitative estimate of drug-likeness (QED) is 0.310. The first-order valence-corrected chi connectivity index (χ1v) is 10.8. The second kappa shape index (κ2) is 17.9. The van der Waals surface area contributed by atoms with Crippen molar-refractivity contribution in [2.24, 2.45) is 23.2 Å². The van der Waals surface area contributed by atoms with Crippen LogP contribution in [0.4, 0.5) is 0 Å². The molecule has 0 spiro atoms. The molecule has 0 aromatic heterocycles. The highest BCUT2D eigenvalue weighted by Gasteiger charge is 2.28. The third-order valence-corrected chi connectivity index (χ3v) is 5.52. The van der Waals surface area contributed by atoms with Gasteiger partial charge in [0.1, 0.15) is 0 Å². The fourth-order valence-electron chi connectivity index (χ4n) is 3.25. The van der Waals surface area contributed by atoms with Crippen molar-refractivity contribution in [2.75, 3.05) is 33.0 Å². The van der Waals surface area contributed by atoms with Crippen molar-refractivity contribution in [1.29, 1.82) is 0 Å². The maximum Gasteiger partial charge on any atom is 0.0629 e. The van der Waals surface area contributed by atoms with Gasteiger partial charge < -0.3 is 25.5 Å². The Hall–Kier alpha value is -0.200. The molecule has 0 radical (unpaired) electrons. The van der Waals surface area contributed by atoms with E-state index in [0.29, 0.717) is 6.61 Å². The molecule has 0 aliphatic rings. The number of aliphatic hydroxyl groups excluding tert-OH is 3. The van der Waals surface area contributed by atoms with Crippen LogP contribution < -0.4 is 0 Å². The Morgan fingerprint density at radius 3 is 1.56 bits per heavy atom. The van der Waals surface area contributed by atoms with Crippen LogP contribution in [0.5, 0.6) is 0 Å². The van der Waals surface area contributed by atoms with Crippen LogP contribution in [0.2, 0.25) is 0 Å². The maximum atomic E-state index is 9.25. The molecule has 5 heteroatoms. The number of unbranched alkanes of at least 4 members (excludes halogenated alkanes) is 1. The molecule has 0 aromatic carbocycles. The number of rotatable bonds is 18. The van der Waals surface area contributed by atoms with Crippen LogP contribution in [-0.2, 0) is 4.74 Å². The van der Waals surface area contributed by atoms with Crippen molar-refractivity contribution in [1.82, 2.24) is 0 Å². The molecule has 0 aliphatic carbocycles. The SMILES string of the molecule is CC(C)CCCC(C)CCCC(C)CCCCOCC(CO)(CO)CO.O. The number of hydrogen-bond donors (Lipinski definition) is 3. The third kappa shape index (κ3) is 15.4. The average molecular weight is 393 g/mol. The molecule has 27 heavy (non-hydrogen) atoms. The van der Waals surface area contributed by atoms with E-state index < -0.39 is 5.41 Å². The number of hydrogen-bond acceptors (Lipinski definition) is 4. The van der Waals surface area contributed by atoms with E-state index >= 15 is 0 Å². The van der Waals surface area contributed by atoms with Crippen LogP contribution in [-0.4, -0.2) is 53.8 Å². The van der Waals surface area contributed by atoms with Gasteiger partial charge in [0.15, 0.2) is 0 Å².